The van der Waals surface area contributed by atoms with Crippen molar-refractivity contribution < 1.29 is 23.8 Å². The average Bonchev–Trinajstić information content (AvgIpc) is 2.94. The number of fused-ring (bicyclic) bond motifs is 1. The van der Waals surface area contributed by atoms with Crippen molar-refractivity contribution in [3.63, 3.8) is 0 Å². The zero-order valence-corrected chi connectivity index (χ0v) is 23.0. The molecule has 1 aromatic heterocycles. The van der Waals surface area contributed by atoms with Crippen molar-refractivity contribution in [2.24, 2.45) is 5.92 Å². The number of aryl methyl sites for hydroxylation is 1. The molecule has 0 spiro atoms. The smallest absolute Gasteiger partial charge is 0.306 e. The van der Waals surface area contributed by atoms with Gasteiger partial charge in [0.25, 0.3) is 0 Å². The first kappa shape index (κ1) is 27.1. The SMILES string of the molecule is COc1cc(-c2ccc([C@@H]3CCc4ccc(C[C@H](C)C(=O)O)cc4O3)cc2CN2CCCC[C@@H]2C)c(F)cn1. The summed E-state index contributed by atoms with van der Waals surface area (Å²) in [5, 5.41) is 9.31. The van der Waals surface area contributed by atoms with Crippen LogP contribution in [0.25, 0.3) is 11.1 Å². The van der Waals surface area contributed by atoms with Crippen LogP contribution in [0.3, 0.4) is 0 Å². The first-order valence-corrected chi connectivity index (χ1v) is 13.9. The molecule has 6 nitrogen and oxygen atoms in total. The van der Waals surface area contributed by atoms with Crippen LogP contribution in [0.1, 0.15) is 67.9 Å². The van der Waals surface area contributed by atoms with E-state index in [1.807, 2.05) is 24.3 Å². The summed E-state index contributed by atoms with van der Waals surface area (Å²) in [7, 11) is 1.54. The molecule has 1 N–H and O–H groups in total. The number of halogens is 1. The van der Waals surface area contributed by atoms with Crippen LogP contribution in [0, 0.1) is 11.7 Å². The minimum Gasteiger partial charge on any atom is -0.485 e. The van der Waals surface area contributed by atoms with Crippen molar-refractivity contribution >= 4 is 5.97 Å². The van der Waals surface area contributed by atoms with Crippen molar-refractivity contribution in [1.29, 1.82) is 0 Å². The Morgan fingerprint density at radius 1 is 1.18 bits per heavy atom. The molecule has 1 fully saturated rings. The number of aliphatic carboxylic acids is 1. The molecule has 0 bridgehead atoms. The van der Waals surface area contributed by atoms with Crippen molar-refractivity contribution in [3.8, 4) is 22.8 Å². The number of piperidine rings is 1. The fourth-order valence-electron chi connectivity index (χ4n) is 5.77. The number of hydrogen-bond donors (Lipinski definition) is 1. The summed E-state index contributed by atoms with van der Waals surface area (Å²) >= 11 is 0. The van der Waals surface area contributed by atoms with Gasteiger partial charge in [0.1, 0.15) is 17.7 Å². The molecule has 2 aliphatic heterocycles. The molecule has 7 heteroatoms. The summed E-state index contributed by atoms with van der Waals surface area (Å²) in [5.74, 6) is -0.427. The van der Waals surface area contributed by atoms with Crippen LogP contribution in [-0.2, 0) is 24.2 Å². The van der Waals surface area contributed by atoms with Crippen molar-refractivity contribution in [2.75, 3.05) is 13.7 Å². The molecule has 0 amide bonds. The lowest BCUT2D eigenvalue weighted by molar-refractivity contribution is -0.141. The quantitative estimate of drug-likeness (QED) is 0.352. The summed E-state index contributed by atoms with van der Waals surface area (Å²) in [5.41, 5.74) is 5.56. The molecule has 0 saturated carbocycles. The predicted molar refractivity (Wildman–Crippen MR) is 149 cm³/mol. The molecular formula is C32H37FN2O4. The number of carboxylic acids is 1. The Bertz CT molecular complexity index is 1340. The van der Waals surface area contributed by atoms with Crippen LogP contribution >= 0.6 is 0 Å². The molecule has 2 aromatic carbocycles. The zero-order chi connectivity index (χ0) is 27.5. The molecule has 206 valence electrons. The number of carbonyl (C=O) groups is 1. The second kappa shape index (κ2) is 11.7. The largest absolute Gasteiger partial charge is 0.485 e. The Labute approximate surface area is 229 Å². The molecule has 0 aliphatic carbocycles. The Hall–Kier alpha value is -3.45. The third kappa shape index (κ3) is 6.09. The summed E-state index contributed by atoms with van der Waals surface area (Å²) in [6.07, 6.45) is 6.85. The van der Waals surface area contributed by atoms with Gasteiger partial charge in [-0.1, -0.05) is 43.7 Å². The Balaban J connectivity index is 1.47. The van der Waals surface area contributed by atoms with Gasteiger partial charge in [-0.05, 0) is 79.5 Å². The van der Waals surface area contributed by atoms with E-state index in [1.54, 1.807) is 13.0 Å². The highest BCUT2D eigenvalue weighted by molar-refractivity contribution is 5.70. The number of nitrogens with zero attached hydrogens (tertiary/aromatic N) is 2. The highest BCUT2D eigenvalue weighted by atomic mass is 19.1. The molecule has 0 unspecified atom stereocenters. The lowest BCUT2D eigenvalue weighted by atomic mass is 9.91. The highest BCUT2D eigenvalue weighted by Crippen LogP contribution is 2.38. The Morgan fingerprint density at radius 3 is 2.79 bits per heavy atom. The molecular weight excluding hydrogens is 495 g/mol. The van der Waals surface area contributed by atoms with E-state index < -0.39 is 11.9 Å². The van der Waals surface area contributed by atoms with Crippen LogP contribution < -0.4 is 9.47 Å². The fourth-order valence-corrected chi connectivity index (χ4v) is 5.77. The van der Waals surface area contributed by atoms with Gasteiger partial charge in [0.2, 0.25) is 5.88 Å². The highest BCUT2D eigenvalue weighted by Gasteiger charge is 2.26. The van der Waals surface area contributed by atoms with Crippen LogP contribution in [-0.4, -0.2) is 40.7 Å². The summed E-state index contributed by atoms with van der Waals surface area (Å²) in [4.78, 5) is 17.9. The maximum atomic E-state index is 15.0. The maximum Gasteiger partial charge on any atom is 0.306 e. The van der Waals surface area contributed by atoms with Gasteiger partial charge < -0.3 is 14.6 Å². The van der Waals surface area contributed by atoms with Gasteiger partial charge in [-0.2, -0.15) is 0 Å². The molecule has 1 saturated heterocycles. The van der Waals surface area contributed by atoms with E-state index in [9.17, 15) is 9.90 Å². The molecule has 39 heavy (non-hydrogen) atoms. The molecule has 3 heterocycles. The van der Waals surface area contributed by atoms with Crippen molar-refractivity contribution in [3.05, 3.63) is 76.7 Å². The number of aromatic nitrogens is 1. The van der Waals surface area contributed by atoms with Crippen molar-refractivity contribution in [2.45, 2.75) is 71.1 Å². The number of methoxy groups -OCH3 is 1. The minimum absolute atomic E-state index is 0.131. The van der Waals surface area contributed by atoms with Gasteiger partial charge in [0.05, 0.1) is 19.2 Å². The number of pyridine rings is 1. The van der Waals surface area contributed by atoms with E-state index in [4.69, 9.17) is 9.47 Å². The zero-order valence-electron chi connectivity index (χ0n) is 23.0. The van der Waals surface area contributed by atoms with Gasteiger partial charge >= 0.3 is 5.97 Å². The molecule has 3 atom stereocenters. The van der Waals surface area contributed by atoms with Gasteiger partial charge in [-0.3, -0.25) is 9.69 Å². The first-order chi connectivity index (χ1) is 18.8. The number of carboxylic acid groups (broad SMARTS) is 1. The average molecular weight is 533 g/mol. The number of likely N-dealkylation sites (tertiary alicyclic amines) is 1. The maximum absolute atomic E-state index is 15.0. The first-order valence-electron chi connectivity index (χ1n) is 13.9. The topological polar surface area (TPSA) is 71.9 Å². The van der Waals surface area contributed by atoms with Gasteiger partial charge in [0, 0.05) is 24.2 Å². The number of hydrogen-bond acceptors (Lipinski definition) is 5. The third-order valence-corrected chi connectivity index (χ3v) is 8.18. The number of ether oxygens (including phenoxy) is 2. The molecule has 5 rings (SSSR count). The molecule has 2 aliphatic rings. The lowest BCUT2D eigenvalue weighted by Crippen LogP contribution is -2.36. The standard InChI is InChI=1S/C32H37FN2O4/c1-20(32(36)37)14-22-7-8-23-10-12-29(39-30(23)15-22)24-9-11-26(27-17-31(38-3)34-18-28(27)33)25(16-24)19-35-13-5-4-6-21(35)2/h7-9,11,15-18,20-21,29H,4-6,10,12-14,19H2,1-3H3,(H,36,37)/t20-,21-,29-/m0/s1. The van der Waals surface area contributed by atoms with Gasteiger partial charge in [-0.25, -0.2) is 9.37 Å². The normalized spacial score (nSPS) is 20.1. The fraction of sp³-hybridized carbons (Fsp3) is 0.438. The predicted octanol–water partition coefficient (Wildman–Crippen LogP) is 6.60. The van der Waals surface area contributed by atoms with E-state index in [0.29, 0.717) is 23.9 Å². The van der Waals surface area contributed by atoms with Crippen LogP contribution in [0.4, 0.5) is 4.39 Å². The Morgan fingerprint density at radius 2 is 2.03 bits per heavy atom. The van der Waals surface area contributed by atoms with Gasteiger partial charge in [-0.15, -0.1) is 0 Å². The summed E-state index contributed by atoms with van der Waals surface area (Å²) < 4.78 is 26.8. The van der Waals surface area contributed by atoms with E-state index >= 15 is 4.39 Å². The van der Waals surface area contributed by atoms with Gasteiger partial charge in [0.15, 0.2) is 0 Å². The Kier molecular flexibility index (Phi) is 8.17. The lowest BCUT2D eigenvalue weighted by Gasteiger charge is -2.34. The third-order valence-electron chi connectivity index (χ3n) is 8.18. The second-order valence-electron chi connectivity index (χ2n) is 11.0. The van der Waals surface area contributed by atoms with Crippen LogP contribution in [0.2, 0.25) is 0 Å². The summed E-state index contributed by atoms with van der Waals surface area (Å²) in [6, 6.07) is 14.4. The molecule has 3 aromatic rings. The van der Waals surface area contributed by atoms with E-state index in [-0.39, 0.29) is 11.9 Å². The van der Waals surface area contributed by atoms with Crippen molar-refractivity contribution in [1.82, 2.24) is 9.88 Å². The molecule has 0 radical (unpaired) electrons. The number of rotatable bonds is 8. The minimum atomic E-state index is -0.801. The van der Waals surface area contributed by atoms with Crippen LogP contribution in [0.5, 0.6) is 11.6 Å². The van der Waals surface area contributed by atoms with E-state index in [0.717, 1.165) is 65.9 Å². The summed E-state index contributed by atoms with van der Waals surface area (Å²) in [6.45, 7) is 5.74. The second-order valence-corrected chi connectivity index (χ2v) is 11.0. The number of benzene rings is 2. The van der Waals surface area contributed by atoms with E-state index in [2.05, 4.69) is 28.9 Å². The monoisotopic (exact) mass is 532 g/mol. The van der Waals surface area contributed by atoms with E-state index in [1.165, 1.54) is 26.1 Å². The van der Waals surface area contributed by atoms with Crippen LogP contribution in [0.15, 0.2) is 48.7 Å².